The molecule has 0 saturated carbocycles. The van der Waals surface area contributed by atoms with Crippen LogP contribution >= 0.6 is 11.6 Å². The van der Waals surface area contributed by atoms with Crippen LogP contribution in [0.1, 0.15) is 36.3 Å². The number of hydrogen-bond acceptors (Lipinski definition) is 13. The van der Waals surface area contributed by atoms with Gasteiger partial charge < -0.3 is 39.0 Å². The molecule has 0 unspecified atom stereocenters. The zero-order valence-corrected chi connectivity index (χ0v) is 34.9. The second-order valence-electron chi connectivity index (χ2n) is 13.9. The summed E-state index contributed by atoms with van der Waals surface area (Å²) in [5.74, 6) is 1.98. The molecular weight excluding hydrogens is 800 g/mol. The number of rotatable bonds is 20. The molecule has 3 aromatic carbocycles. The fourth-order valence-corrected chi connectivity index (χ4v) is 7.51. The Kier molecular flexibility index (Phi) is 15.1. The van der Waals surface area contributed by atoms with Crippen LogP contribution in [0.2, 0.25) is 5.02 Å². The number of fused-ring (bicyclic) bond motifs is 1. The molecule has 59 heavy (non-hydrogen) atoms. The molecule has 3 heterocycles. The average molecular weight is 849 g/mol. The van der Waals surface area contributed by atoms with Gasteiger partial charge >= 0.3 is 0 Å². The summed E-state index contributed by atoms with van der Waals surface area (Å²) in [7, 11) is -0.641. The minimum absolute atomic E-state index is 0.0650. The number of nitrogens with zero attached hydrogens (tertiary/aromatic N) is 4. The van der Waals surface area contributed by atoms with Crippen LogP contribution in [-0.4, -0.2) is 95.2 Å². The molecule has 5 aromatic rings. The summed E-state index contributed by atoms with van der Waals surface area (Å²) in [6, 6.07) is 21.9. The van der Waals surface area contributed by atoms with Crippen molar-refractivity contribution in [3.8, 4) is 11.5 Å². The number of aryl methyl sites for hydroxylation is 2. The molecule has 0 aliphatic carbocycles. The van der Waals surface area contributed by atoms with Crippen molar-refractivity contribution in [1.82, 2.24) is 19.9 Å². The Balaban J connectivity index is 0.893. The summed E-state index contributed by atoms with van der Waals surface area (Å²) in [6.07, 6.45) is 4.17. The van der Waals surface area contributed by atoms with E-state index >= 15 is 0 Å². The first-order valence-corrected chi connectivity index (χ1v) is 21.2. The predicted octanol–water partition coefficient (Wildman–Crippen LogP) is 5.75. The predicted molar refractivity (Wildman–Crippen MR) is 226 cm³/mol. The number of hydrogen-bond donors (Lipinski definition) is 2. The number of ether oxygens (including phenoxy) is 4. The number of nitrogens with one attached hydrogen (secondary N) is 2. The molecule has 0 atom stereocenters. The van der Waals surface area contributed by atoms with Crippen LogP contribution in [0.3, 0.4) is 0 Å². The van der Waals surface area contributed by atoms with Crippen molar-refractivity contribution in [2.24, 2.45) is 7.05 Å². The van der Waals surface area contributed by atoms with Gasteiger partial charge in [0.05, 0.1) is 49.6 Å². The van der Waals surface area contributed by atoms with Crippen LogP contribution in [0.5, 0.6) is 11.5 Å². The molecule has 15 nitrogen and oxygen atoms in total. The summed E-state index contributed by atoms with van der Waals surface area (Å²) >= 11 is 6.53. The fourth-order valence-electron chi connectivity index (χ4n) is 6.48. The Hall–Kier alpha value is -5.26. The summed E-state index contributed by atoms with van der Waals surface area (Å²) < 4.78 is 53.4. The third kappa shape index (κ3) is 11.9. The largest absolute Gasteiger partial charge is 0.494 e. The molecule has 0 radical (unpaired) electrons. The minimum atomic E-state index is -3.80. The zero-order chi connectivity index (χ0) is 41.8. The number of aromatic nitrogens is 3. The lowest BCUT2D eigenvalue weighted by Gasteiger charge is -2.32. The van der Waals surface area contributed by atoms with Crippen molar-refractivity contribution in [1.29, 1.82) is 0 Å². The van der Waals surface area contributed by atoms with Crippen molar-refractivity contribution in [3.05, 3.63) is 105 Å². The second kappa shape index (κ2) is 20.6. The van der Waals surface area contributed by atoms with Gasteiger partial charge in [-0.3, -0.25) is 13.8 Å². The van der Waals surface area contributed by atoms with E-state index in [0.29, 0.717) is 66.8 Å². The van der Waals surface area contributed by atoms with Gasteiger partial charge in [0.15, 0.2) is 18.2 Å². The Morgan fingerprint density at radius 3 is 2.34 bits per heavy atom. The van der Waals surface area contributed by atoms with Crippen molar-refractivity contribution in [2.45, 2.75) is 37.0 Å². The average Bonchev–Trinajstić information content (AvgIpc) is 3.24. The summed E-state index contributed by atoms with van der Waals surface area (Å²) in [6.45, 7) is 5.01. The molecule has 0 bridgehead atoms. The minimum Gasteiger partial charge on any atom is -0.494 e. The van der Waals surface area contributed by atoms with Gasteiger partial charge in [-0.1, -0.05) is 41.4 Å². The van der Waals surface area contributed by atoms with Crippen molar-refractivity contribution in [3.63, 3.8) is 0 Å². The molecule has 2 aromatic heterocycles. The maximum absolute atomic E-state index is 12.8. The first-order chi connectivity index (χ1) is 28.5. The van der Waals surface area contributed by atoms with E-state index in [1.54, 1.807) is 31.4 Å². The Morgan fingerprint density at radius 1 is 0.898 bits per heavy atom. The van der Waals surface area contributed by atoms with E-state index in [1.807, 2.05) is 37.3 Å². The van der Waals surface area contributed by atoms with Crippen molar-refractivity contribution < 1.29 is 36.3 Å². The van der Waals surface area contributed by atoms with E-state index in [0.717, 1.165) is 42.6 Å². The third-order valence-corrected chi connectivity index (χ3v) is 11.4. The molecule has 1 fully saturated rings. The first kappa shape index (κ1) is 43.3. The number of halogens is 1. The lowest BCUT2D eigenvalue weighted by Crippen LogP contribution is -2.34. The second-order valence-corrected chi connectivity index (χ2v) is 16.0. The molecule has 314 valence electrons. The number of pyridine rings is 1. The summed E-state index contributed by atoms with van der Waals surface area (Å²) in [5, 5.41) is 6.87. The molecular formula is C42H49ClN6O9S. The van der Waals surface area contributed by atoms with Gasteiger partial charge in [0.1, 0.15) is 10.8 Å². The van der Waals surface area contributed by atoms with Gasteiger partial charge in [-0.15, -0.1) is 0 Å². The lowest BCUT2D eigenvalue weighted by molar-refractivity contribution is -0.122. The van der Waals surface area contributed by atoms with Crippen LogP contribution in [0.15, 0.2) is 88.7 Å². The topological polar surface area (TPSA) is 172 Å². The molecule has 1 amide bonds. The number of benzene rings is 3. The fraction of sp³-hybridized carbons (Fsp3) is 0.381. The highest BCUT2D eigenvalue weighted by atomic mass is 35.5. The first-order valence-electron chi connectivity index (χ1n) is 19.4. The normalized spacial score (nSPS) is 13.4. The van der Waals surface area contributed by atoms with Gasteiger partial charge in [-0.05, 0) is 79.8 Å². The highest BCUT2D eigenvalue weighted by Crippen LogP contribution is 2.32. The zero-order valence-electron chi connectivity index (χ0n) is 33.3. The molecule has 1 saturated heterocycles. The Bertz CT molecular complexity index is 2350. The summed E-state index contributed by atoms with van der Waals surface area (Å²) in [5.41, 5.74) is 3.29. The van der Waals surface area contributed by atoms with Crippen LogP contribution in [0, 0.1) is 6.92 Å². The number of piperidine rings is 1. The van der Waals surface area contributed by atoms with Crippen LogP contribution < -0.4 is 30.6 Å². The lowest BCUT2D eigenvalue weighted by atomic mass is 9.89. The number of anilines is 3. The SMILES string of the molecule is CNC(=O)COc1cc2cc(Nc3nc(N4CCC(c5ccc(OCCCOCCOCCOS(=O)(=O)c6ccc(C)cc6)cc5)CC4)ncc3Cl)ccc2n(C)c1=O. The number of carbonyl (C=O) groups excluding carboxylic acids is 1. The third-order valence-electron chi connectivity index (χ3n) is 9.80. The molecule has 17 heteroatoms. The van der Waals surface area contributed by atoms with Crippen LogP contribution in [0.25, 0.3) is 10.9 Å². The van der Waals surface area contributed by atoms with Gasteiger partial charge in [0.2, 0.25) is 5.95 Å². The molecule has 1 aliphatic heterocycles. The monoisotopic (exact) mass is 848 g/mol. The molecule has 2 N–H and O–H groups in total. The number of likely N-dealkylation sites (N-methyl/N-ethyl adjacent to an activating group) is 1. The van der Waals surface area contributed by atoms with E-state index in [2.05, 4.69) is 32.7 Å². The van der Waals surface area contributed by atoms with E-state index in [1.165, 1.54) is 29.3 Å². The van der Waals surface area contributed by atoms with E-state index in [-0.39, 0.29) is 41.9 Å². The molecule has 1 aliphatic rings. The molecule has 6 rings (SSSR count). The highest BCUT2D eigenvalue weighted by molar-refractivity contribution is 7.86. The smallest absolute Gasteiger partial charge is 0.297 e. The number of amides is 1. The van der Waals surface area contributed by atoms with Crippen LogP contribution in [-0.2, 0) is 35.6 Å². The van der Waals surface area contributed by atoms with E-state index in [9.17, 15) is 18.0 Å². The molecule has 0 spiro atoms. The van der Waals surface area contributed by atoms with Crippen molar-refractivity contribution >= 4 is 56.0 Å². The maximum atomic E-state index is 12.8. The Morgan fingerprint density at radius 2 is 1.61 bits per heavy atom. The van der Waals surface area contributed by atoms with Crippen LogP contribution in [0.4, 0.5) is 17.5 Å². The van der Waals surface area contributed by atoms with E-state index in [4.69, 9.17) is 39.7 Å². The van der Waals surface area contributed by atoms with Gasteiger partial charge in [-0.25, -0.2) is 4.98 Å². The quantitative estimate of drug-likeness (QED) is 0.0717. The van der Waals surface area contributed by atoms with Gasteiger partial charge in [-0.2, -0.15) is 13.4 Å². The standard InChI is InChI=1S/C42H49ClN6O9S/c1-29-5-12-35(13-6-29)59(52,53)58-24-23-55-22-21-54-19-4-20-56-34-10-7-30(8-11-34)31-15-17-49(18-16-31)42-45-27-36(43)40(47-42)46-33-9-14-37-32(25-33)26-38(41(51)48(37)3)57-28-39(50)44-2/h5-14,25-27,31H,4,15-24,28H2,1-3H3,(H,44,50)(H,45,46,47). The maximum Gasteiger partial charge on any atom is 0.297 e. The van der Waals surface area contributed by atoms with Gasteiger partial charge in [0.25, 0.3) is 21.6 Å². The highest BCUT2D eigenvalue weighted by Gasteiger charge is 2.23. The Labute approximate surface area is 348 Å². The number of carbonyl (C=O) groups is 1. The van der Waals surface area contributed by atoms with Crippen molar-refractivity contribution in [2.75, 3.05) is 76.6 Å². The van der Waals surface area contributed by atoms with Gasteiger partial charge in [0, 0.05) is 51.3 Å². The van der Waals surface area contributed by atoms with E-state index < -0.39 is 10.1 Å². The summed E-state index contributed by atoms with van der Waals surface area (Å²) in [4.78, 5) is 36.0.